The maximum Gasteiger partial charge on any atom is 0.509 e. The van der Waals surface area contributed by atoms with Gasteiger partial charge < -0.3 is 17.7 Å². The lowest BCUT2D eigenvalue weighted by Crippen LogP contribution is -2.34. The molecule has 2 rings (SSSR count). The van der Waals surface area contributed by atoms with Gasteiger partial charge in [0.15, 0.2) is 0 Å². The average molecular weight is 201 g/mol. The van der Waals surface area contributed by atoms with Crippen LogP contribution in [0.15, 0.2) is 18.2 Å². The van der Waals surface area contributed by atoms with Gasteiger partial charge in [-0.15, -0.1) is 5.46 Å². The van der Waals surface area contributed by atoms with E-state index in [4.69, 9.17) is 0 Å². The number of ether oxygens (including phenoxy) is 1. The molecule has 0 spiro atoms. The fraction of sp³-hybridized carbons (Fsp3) is 0.125. The second-order valence-corrected chi connectivity index (χ2v) is 3.07. The highest BCUT2D eigenvalue weighted by Gasteiger charge is 2.28. The number of hydrogen-bond acceptors (Lipinski definition) is 2. The van der Waals surface area contributed by atoms with Crippen LogP contribution in [0.1, 0.15) is 15.9 Å². The number of cyclic esters (lactones) is 1. The van der Waals surface area contributed by atoms with Crippen LogP contribution < -0.4 is 5.46 Å². The Morgan fingerprint density at radius 2 is 2.00 bits per heavy atom. The van der Waals surface area contributed by atoms with Crippen LogP contribution in [0, 0.1) is 0 Å². The molecule has 0 unspecified atom stereocenters. The molecule has 1 aromatic rings. The van der Waals surface area contributed by atoms with Crippen LogP contribution in [-0.2, 0) is 11.3 Å². The Hall–Kier alpha value is -1.46. The van der Waals surface area contributed by atoms with Crippen molar-refractivity contribution in [2.75, 3.05) is 0 Å². The van der Waals surface area contributed by atoms with Crippen molar-refractivity contribution >= 4 is 18.4 Å². The number of fused-ring (bicyclic) bond motifs is 1. The second kappa shape index (κ2) is 2.77. The number of hydrogen-bond donors (Lipinski definition) is 0. The quantitative estimate of drug-likeness (QED) is 0.507. The number of carbonyl (C=O) groups is 1. The molecular formula is C8H5BF3O2-. The molecule has 1 aromatic carbocycles. The molecule has 0 fully saturated rings. The zero-order valence-corrected chi connectivity index (χ0v) is 6.97. The van der Waals surface area contributed by atoms with Crippen molar-refractivity contribution in [1.82, 2.24) is 0 Å². The van der Waals surface area contributed by atoms with Gasteiger partial charge in [0.05, 0.1) is 5.56 Å². The lowest BCUT2D eigenvalue weighted by atomic mass is 9.79. The van der Waals surface area contributed by atoms with Gasteiger partial charge in [-0.1, -0.05) is 18.2 Å². The van der Waals surface area contributed by atoms with Crippen molar-refractivity contribution in [1.29, 1.82) is 0 Å². The molecule has 0 amide bonds. The fourth-order valence-electron chi connectivity index (χ4n) is 1.36. The van der Waals surface area contributed by atoms with Crippen LogP contribution in [0.25, 0.3) is 0 Å². The highest BCUT2D eigenvalue weighted by atomic mass is 19.4. The van der Waals surface area contributed by atoms with Crippen LogP contribution in [0.5, 0.6) is 0 Å². The zero-order valence-electron chi connectivity index (χ0n) is 6.97. The standard InChI is InChI=1S/C8H5BF3O2/c10-9(11,12)6-1-2-7-5(3-6)4-14-8(7)13/h1-3H,4H2/q-1. The summed E-state index contributed by atoms with van der Waals surface area (Å²) in [6.07, 6.45) is 0. The van der Waals surface area contributed by atoms with Gasteiger partial charge in [-0.25, -0.2) is 4.79 Å². The van der Waals surface area contributed by atoms with Crippen LogP contribution in [0.3, 0.4) is 0 Å². The minimum atomic E-state index is -5.00. The van der Waals surface area contributed by atoms with Crippen molar-refractivity contribution in [2.45, 2.75) is 6.61 Å². The molecule has 1 aliphatic rings. The largest absolute Gasteiger partial charge is 0.509 e. The molecule has 14 heavy (non-hydrogen) atoms. The Labute approximate surface area is 77.7 Å². The molecule has 0 saturated carbocycles. The molecule has 0 saturated heterocycles. The Bertz CT molecular complexity index is 400. The first kappa shape index (κ1) is 9.11. The van der Waals surface area contributed by atoms with Gasteiger partial charge in [-0.3, -0.25) is 0 Å². The summed E-state index contributed by atoms with van der Waals surface area (Å²) in [4.78, 5) is 10.9. The summed E-state index contributed by atoms with van der Waals surface area (Å²) in [5.41, 5.74) is -0.150. The van der Waals surface area contributed by atoms with E-state index >= 15 is 0 Å². The first-order chi connectivity index (χ1) is 6.48. The number of benzene rings is 1. The van der Waals surface area contributed by atoms with E-state index in [-0.39, 0.29) is 12.2 Å². The predicted octanol–water partition coefficient (Wildman–Crippen LogP) is 1.41. The summed E-state index contributed by atoms with van der Waals surface area (Å²) in [7, 11) is 0. The lowest BCUT2D eigenvalue weighted by Gasteiger charge is -2.14. The highest BCUT2D eigenvalue weighted by molar-refractivity contribution is 6.73. The Balaban J connectivity index is 2.47. The minimum Gasteiger partial charge on any atom is -0.457 e. The number of halogens is 3. The summed E-state index contributed by atoms with van der Waals surface area (Å²) in [5, 5.41) is 0. The van der Waals surface area contributed by atoms with Crippen LogP contribution in [0.2, 0.25) is 0 Å². The molecule has 0 aromatic heterocycles. The number of carbonyl (C=O) groups excluding carboxylic acids is 1. The SMILES string of the molecule is O=C1OCc2cc([B-](F)(F)F)ccc21. The molecule has 2 nitrogen and oxygen atoms in total. The maximum absolute atomic E-state index is 12.3. The first-order valence-corrected chi connectivity index (χ1v) is 3.98. The summed E-state index contributed by atoms with van der Waals surface area (Å²) < 4.78 is 41.5. The van der Waals surface area contributed by atoms with Crippen LogP contribution in [0.4, 0.5) is 12.9 Å². The molecule has 1 heterocycles. The van der Waals surface area contributed by atoms with E-state index in [9.17, 15) is 17.7 Å². The van der Waals surface area contributed by atoms with Gasteiger partial charge in [0.2, 0.25) is 0 Å². The summed E-state index contributed by atoms with van der Waals surface area (Å²) in [5.74, 6) is -0.554. The summed E-state index contributed by atoms with van der Waals surface area (Å²) >= 11 is 0. The Morgan fingerprint density at radius 1 is 1.29 bits per heavy atom. The van der Waals surface area contributed by atoms with Crippen molar-refractivity contribution in [3.05, 3.63) is 29.3 Å². The third-order valence-electron chi connectivity index (χ3n) is 2.09. The Kier molecular flexibility index (Phi) is 1.80. The number of rotatable bonds is 1. The molecule has 6 heteroatoms. The second-order valence-electron chi connectivity index (χ2n) is 3.07. The van der Waals surface area contributed by atoms with Gasteiger partial charge in [0.25, 0.3) is 0 Å². The number of esters is 1. The molecule has 0 atom stereocenters. The zero-order chi connectivity index (χ0) is 10.3. The molecule has 0 aliphatic carbocycles. The smallest absolute Gasteiger partial charge is 0.457 e. The van der Waals surface area contributed by atoms with Crippen LogP contribution >= 0.6 is 0 Å². The normalized spacial score (nSPS) is 15.2. The van der Waals surface area contributed by atoms with Gasteiger partial charge in [0.1, 0.15) is 6.61 Å². The highest BCUT2D eigenvalue weighted by Crippen LogP contribution is 2.20. The third kappa shape index (κ3) is 1.36. The minimum absolute atomic E-state index is 0.0613. The van der Waals surface area contributed by atoms with Gasteiger partial charge >= 0.3 is 12.9 Å². The molecule has 0 bridgehead atoms. The van der Waals surface area contributed by atoms with Crippen LogP contribution in [-0.4, -0.2) is 12.9 Å². The van der Waals surface area contributed by atoms with Crippen molar-refractivity contribution < 1.29 is 22.5 Å². The molecule has 0 N–H and O–H groups in total. The van der Waals surface area contributed by atoms with E-state index in [0.717, 1.165) is 18.2 Å². The molecular weight excluding hydrogens is 196 g/mol. The predicted molar refractivity (Wildman–Crippen MR) is 44.3 cm³/mol. The molecule has 0 radical (unpaired) electrons. The topological polar surface area (TPSA) is 26.3 Å². The van der Waals surface area contributed by atoms with E-state index in [1.165, 1.54) is 0 Å². The van der Waals surface area contributed by atoms with E-state index in [0.29, 0.717) is 5.56 Å². The Morgan fingerprint density at radius 3 is 2.64 bits per heavy atom. The monoisotopic (exact) mass is 201 g/mol. The lowest BCUT2D eigenvalue weighted by molar-refractivity contribution is 0.0535. The summed E-state index contributed by atoms with van der Waals surface area (Å²) in [6, 6.07) is 3.04. The van der Waals surface area contributed by atoms with Gasteiger partial charge in [-0.05, 0) is 0 Å². The average Bonchev–Trinajstić information content (AvgIpc) is 2.46. The van der Waals surface area contributed by atoms with E-state index in [1.54, 1.807) is 0 Å². The first-order valence-electron chi connectivity index (χ1n) is 3.98. The van der Waals surface area contributed by atoms with E-state index in [2.05, 4.69) is 4.74 Å². The van der Waals surface area contributed by atoms with Crippen molar-refractivity contribution in [3.8, 4) is 0 Å². The van der Waals surface area contributed by atoms with Gasteiger partial charge in [-0.2, -0.15) is 0 Å². The fourth-order valence-corrected chi connectivity index (χ4v) is 1.36. The molecule has 74 valence electrons. The summed E-state index contributed by atoms with van der Waals surface area (Å²) in [6.45, 7) is -5.06. The van der Waals surface area contributed by atoms with E-state index < -0.39 is 18.4 Å². The van der Waals surface area contributed by atoms with Crippen molar-refractivity contribution in [3.63, 3.8) is 0 Å². The maximum atomic E-state index is 12.3. The van der Waals surface area contributed by atoms with Crippen molar-refractivity contribution in [2.24, 2.45) is 0 Å². The van der Waals surface area contributed by atoms with E-state index in [1.807, 2.05) is 0 Å². The van der Waals surface area contributed by atoms with Gasteiger partial charge in [0, 0.05) is 5.56 Å². The third-order valence-corrected chi connectivity index (χ3v) is 2.09. The molecule has 1 aliphatic heterocycles.